The number of hydrogen-bond acceptors (Lipinski definition) is 4. The Balaban J connectivity index is 1.47. The van der Waals surface area contributed by atoms with Gasteiger partial charge >= 0.3 is 0 Å². The Morgan fingerprint density at radius 1 is 1.20 bits per heavy atom. The molecule has 1 aromatic heterocycles. The summed E-state index contributed by atoms with van der Waals surface area (Å²) in [7, 11) is 0. The molecule has 4 nitrogen and oxygen atoms in total. The summed E-state index contributed by atoms with van der Waals surface area (Å²) in [5, 5.41) is 0. The van der Waals surface area contributed by atoms with Crippen LogP contribution in [0.1, 0.15) is 38.5 Å². The summed E-state index contributed by atoms with van der Waals surface area (Å²) in [6.45, 7) is 1.89. The van der Waals surface area contributed by atoms with Crippen LogP contribution in [-0.2, 0) is 4.84 Å². The van der Waals surface area contributed by atoms with E-state index < -0.39 is 0 Å². The van der Waals surface area contributed by atoms with Crippen LogP contribution in [0.25, 0.3) is 0 Å². The van der Waals surface area contributed by atoms with Gasteiger partial charge in [0.1, 0.15) is 5.82 Å². The molecule has 2 heterocycles. The zero-order chi connectivity index (χ0) is 13.6. The summed E-state index contributed by atoms with van der Waals surface area (Å²) in [6, 6.07) is 6.05. The van der Waals surface area contributed by atoms with Gasteiger partial charge in [0.05, 0.1) is 6.10 Å². The van der Waals surface area contributed by atoms with E-state index in [0.29, 0.717) is 6.10 Å². The Bertz CT molecular complexity index is 440. The molecule has 0 unspecified atom stereocenters. The fourth-order valence-electron chi connectivity index (χ4n) is 2.85. The number of hydrogen-bond donors (Lipinski definition) is 1. The second-order valence-corrected chi connectivity index (χ2v) is 5.59. The molecular weight excluding hydrogens is 250 g/mol. The fourth-order valence-corrected chi connectivity index (χ4v) is 2.85. The second kappa shape index (κ2) is 6.75. The Morgan fingerprint density at radius 3 is 2.80 bits per heavy atom. The van der Waals surface area contributed by atoms with Crippen LogP contribution in [0.2, 0.25) is 0 Å². The van der Waals surface area contributed by atoms with E-state index in [-0.39, 0.29) is 0 Å². The quantitative estimate of drug-likeness (QED) is 0.856. The van der Waals surface area contributed by atoms with Crippen molar-refractivity contribution in [2.24, 2.45) is 0 Å². The van der Waals surface area contributed by atoms with Gasteiger partial charge in [-0.25, -0.2) is 4.98 Å². The number of rotatable bonds is 4. The van der Waals surface area contributed by atoms with Crippen molar-refractivity contribution in [1.29, 1.82) is 0 Å². The lowest BCUT2D eigenvalue weighted by Gasteiger charge is -2.29. The standard InChI is InChI=1S/C16H23N3O/c1-2-6-15(7-3-1)20-18-14-9-12-19(13-10-14)16-8-4-5-11-17-16/h4-5,8-9,11,15,18H,1-3,6-7,10,12-13H2. The van der Waals surface area contributed by atoms with Crippen molar-refractivity contribution >= 4 is 5.82 Å². The molecule has 0 aromatic carbocycles. The van der Waals surface area contributed by atoms with Gasteiger partial charge < -0.3 is 4.90 Å². The molecule has 0 radical (unpaired) electrons. The van der Waals surface area contributed by atoms with E-state index in [1.54, 1.807) is 0 Å². The zero-order valence-electron chi connectivity index (χ0n) is 11.9. The van der Waals surface area contributed by atoms with Crippen LogP contribution in [0.3, 0.4) is 0 Å². The number of nitrogens with zero attached hydrogens (tertiary/aromatic N) is 2. The first-order valence-electron chi connectivity index (χ1n) is 7.68. The maximum absolute atomic E-state index is 5.81. The van der Waals surface area contributed by atoms with Crippen molar-refractivity contribution in [3.05, 3.63) is 36.2 Å². The predicted molar refractivity (Wildman–Crippen MR) is 80.2 cm³/mol. The Morgan fingerprint density at radius 2 is 2.10 bits per heavy atom. The highest BCUT2D eigenvalue weighted by atomic mass is 16.7. The van der Waals surface area contributed by atoms with E-state index in [0.717, 1.165) is 25.3 Å². The van der Waals surface area contributed by atoms with Gasteiger partial charge in [0.25, 0.3) is 0 Å². The van der Waals surface area contributed by atoms with E-state index in [1.165, 1.54) is 37.8 Å². The molecule has 3 rings (SSSR count). The van der Waals surface area contributed by atoms with E-state index in [4.69, 9.17) is 4.84 Å². The van der Waals surface area contributed by atoms with Crippen LogP contribution in [0.4, 0.5) is 5.82 Å². The Kier molecular flexibility index (Phi) is 4.53. The smallest absolute Gasteiger partial charge is 0.128 e. The van der Waals surface area contributed by atoms with Crippen LogP contribution in [-0.4, -0.2) is 24.2 Å². The lowest BCUT2D eigenvalue weighted by Crippen LogP contribution is -2.34. The second-order valence-electron chi connectivity index (χ2n) is 5.59. The van der Waals surface area contributed by atoms with Crippen molar-refractivity contribution in [3.63, 3.8) is 0 Å². The minimum atomic E-state index is 0.401. The lowest BCUT2D eigenvalue weighted by molar-refractivity contribution is -0.0281. The number of pyridine rings is 1. The maximum atomic E-state index is 5.81. The van der Waals surface area contributed by atoms with Crippen molar-refractivity contribution in [2.45, 2.75) is 44.6 Å². The molecule has 1 saturated carbocycles. The highest BCUT2D eigenvalue weighted by molar-refractivity contribution is 5.40. The number of aromatic nitrogens is 1. The molecule has 2 aliphatic rings. The molecule has 1 aliphatic heterocycles. The molecule has 1 N–H and O–H groups in total. The van der Waals surface area contributed by atoms with E-state index in [9.17, 15) is 0 Å². The molecule has 108 valence electrons. The normalized spacial score (nSPS) is 20.6. The van der Waals surface area contributed by atoms with Gasteiger partial charge in [0.2, 0.25) is 0 Å². The topological polar surface area (TPSA) is 37.4 Å². The van der Waals surface area contributed by atoms with E-state index in [1.807, 2.05) is 18.3 Å². The van der Waals surface area contributed by atoms with Crippen LogP contribution >= 0.6 is 0 Å². The van der Waals surface area contributed by atoms with Crippen LogP contribution < -0.4 is 10.4 Å². The first-order chi connectivity index (χ1) is 9.92. The monoisotopic (exact) mass is 273 g/mol. The van der Waals surface area contributed by atoms with Gasteiger partial charge in [-0.2, -0.15) is 0 Å². The van der Waals surface area contributed by atoms with Gasteiger partial charge in [0, 0.05) is 31.4 Å². The summed E-state index contributed by atoms with van der Waals surface area (Å²) in [5.41, 5.74) is 4.39. The summed E-state index contributed by atoms with van der Waals surface area (Å²) >= 11 is 0. The zero-order valence-corrected chi connectivity index (χ0v) is 11.9. The Hall–Kier alpha value is -1.55. The summed E-state index contributed by atoms with van der Waals surface area (Å²) in [6.07, 6.45) is 11.8. The molecule has 0 amide bonds. The molecule has 1 fully saturated rings. The first kappa shape index (κ1) is 13.4. The van der Waals surface area contributed by atoms with Crippen molar-refractivity contribution in [2.75, 3.05) is 18.0 Å². The first-order valence-corrected chi connectivity index (χ1v) is 7.68. The molecule has 0 bridgehead atoms. The Labute approximate surface area is 120 Å². The molecular formula is C16H23N3O. The minimum Gasteiger partial charge on any atom is -0.352 e. The summed E-state index contributed by atoms with van der Waals surface area (Å²) in [4.78, 5) is 12.5. The molecule has 4 heteroatoms. The lowest BCUT2D eigenvalue weighted by atomic mass is 9.98. The molecule has 1 aromatic rings. The third-order valence-electron chi connectivity index (χ3n) is 4.09. The maximum Gasteiger partial charge on any atom is 0.128 e. The van der Waals surface area contributed by atoms with Crippen molar-refractivity contribution < 1.29 is 4.84 Å². The van der Waals surface area contributed by atoms with E-state index >= 15 is 0 Å². The molecule has 20 heavy (non-hydrogen) atoms. The largest absolute Gasteiger partial charge is 0.352 e. The average molecular weight is 273 g/mol. The highest BCUT2D eigenvalue weighted by Crippen LogP contribution is 2.21. The van der Waals surface area contributed by atoms with Gasteiger partial charge in [-0.1, -0.05) is 25.3 Å². The van der Waals surface area contributed by atoms with Crippen molar-refractivity contribution in [3.8, 4) is 0 Å². The average Bonchev–Trinajstić information content (AvgIpc) is 2.55. The number of hydroxylamine groups is 1. The van der Waals surface area contributed by atoms with E-state index in [2.05, 4.69) is 27.5 Å². The molecule has 0 spiro atoms. The van der Waals surface area contributed by atoms with Crippen LogP contribution in [0.15, 0.2) is 36.2 Å². The van der Waals surface area contributed by atoms with Gasteiger partial charge in [0.15, 0.2) is 0 Å². The van der Waals surface area contributed by atoms with Gasteiger partial charge in [-0.05, 0) is 31.1 Å². The summed E-state index contributed by atoms with van der Waals surface area (Å²) < 4.78 is 0. The molecule has 0 atom stereocenters. The molecule has 1 aliphatic carbocycles. The van der Waals surface area contributed by atoms with Gasteiger partial charge in [-0.15, -0.1) is 0 Å². The highest BCUT2D eigenvalue weighted by Gasteiger charge is 2.16. The summed E-state index contributed by atoms with van der Waals surface area (Å²) in [5.74, 6) is 1.05. The van der Waals surface area contributed by atoms with Crippen LogP contribution in [0.5, 0.6) is 0 Å². The predicted octanol–water partition coefficient (Wildman–Crippen LogP) is 3.03. The third kappa shape index (κ3) is 3.51. The van der Waals surface area contributed by atoms with Crippen molar-refractivity contribution in [1.82, 2.24) is 10.5 Å². The minimum absolute atomic E-state index is 0.401. The molecule has 0 saturated heterocycles. The van der Waals surface area contributed by atoms with Gasteiger partial charge in [-0.3, -0.25) is 10.3 Å². The third-order valence-corrected chi connectivity index (χ3v) is 4.09. The number of nitrogens with one attached hydrogen (secondary N) is 1. The van der Waals surface area contributed by atoms with Crippen LogP contribution in [0, 0.1) is 0 Å². The SMILES string of the molecule is C1=C(NOC2CCCCC2)CCN(c2ccccn2)C1. The fraction of sp³-hybridized carbons (Fsp3) is 0.562. The number of anilines is 1.